The van der Waals surface area contributed by atoms with Crippen molar-refractivity contribution in [2.75, 3.05) is 0 Å². The van der Waals surface area contributed by atoms with E-state index in [4.69, 9.17) is 10.1 Å². The topological polar surface area (TPSA) is 45.4 Å². The van der Waals surface area contributed by atoms with Crippen molar-refractivity contribution in [3.05, 3.63) is 106 Å². The predicted molar refractivity (Wildman–Crippen MR) is 147 cm³/mol. The third-order valence-electron chi connectivity index (χ3n) is 6.88. The normalized spacial score (nSPS) is 15.4. The molecule has 0 atom stereocenters. The number of nitrogens with zero attached hydrogens (tertiary/aromatic N) is 3. The quantitative estimate of drug-likeness (QED) is 0.251. The number of benzene rings is 3. The summed E-state index contributed by atoms with van der Waals surface area (Å²) >= 11 is 1.61. The molecule has 35 heavy (non-hydrogen) atoms. The molecule has 174 valence electrons. The summed E-state index contributed by atoms with van der Waals surface area (Å²) in [5, 5.41) is 8.25. The number of nitrogens with one attached hydrogen (secondary N) is 1. The first-order chi connectivity index (χ1) is 17.3. The Bertz CT molecular complexity index is 1510. The van der Waals surface area contributed by atoms with E-state index in [0.717, 1.165) is 38.2 Å². The van der Waals surface area contributed by atoms with E-state index in [1.807, 2.05) is 53.5 Å². The Morgan fingerprint density at radius 2 is 1.63 bits per heavy atom. The summed E-state index contributed by atoms with van der Waals surface area (Å²) in [6.45, 7) is 0. The third-order valence-corrected chi connectivity index (χ3v) is 7.70. The van der Waals surface area contributed by atoms with Crippen LogP contribution in [0.1, 0.15) is 49.1 Å². The first-order valence-electron chi connectivity index (χ1n) is 12.4. The van der Waals surface area contributed by atoms with Crippen LogP contribution in [0.2, 0.25) is 0 Å². The number of fused-ring (bicyclic) bond motifs is 1. The number of rotatable bonds is 5. The van der Waals surface area contributed by atoms with Crippen molar-refractivity contribution in [1.82, 2.24) is 9.66 Å². The van der Waals surface area contributed by atoms with Crippen LogP contribution < -0.4 is 4.80 Å². The van der Waals surface area contributed by atoms with Crippen LogP contribution in [-0.4, -0.2) is 15.9 Å². The lowest BCUT2D eigenvalue weighted by atomic mass is 9.84. The first kappa shape index (κ1) is 21.8. The van der Waals surface area contributed by atoms with Crippen molar-refractivity contribution < 1.29 is 0 Å². The van der Waals surface area contributed by atoms with E-state index in [0.29, 0.717) is 5.92 Å². The van der Waals surface area contributed by atoms with Crippen molar-refractivity contribution in [2.24, 2.45) is 10.1 Å². The van der Waals surface area contributed by atoms with Crippen LogP contribution in [0.5, 0.6) is 0 Å². The molecule has 2 aromatic heterocycles. The molecule has 0 unspecified atom stereocenters. The maximum Gasteiger partial charge on any atom is 0.211 e. The standard InChI is InChI=1S/C30H28N4S/c1-3-9-22(10-4-1)23-15-17-24(18-16-23)29-21-35-30(33-26-11-5-2-6-12-26)34(29)32-20-25-19-31-28-14-8-7-13-27(25)28/h2,5-8,11-22,31H,1,3-4,9-10H2. The molecular formula is C30H28N4S. The van der Waals surface area contributed by atoms with E-state index in [1.165, 1.54) is 37.7 Å². The van der Waals surface area contributed by atoms with Crippen molar-refractivity contribution in [2.45, 2.75) is 38.0 Å². The number of hydrogen-bond donors (Lipinski definition) is 1. The van der Waals surface area contributed by atoms with Crippen molar-refractivity contribution >= 4 is 34.1 Å². The van der Waals surface area contributed by atoms with Gasteiger partial charge in [0.2, 0.25) is 4.80 Å². The lowest BCUT2D eigenvalue weighted by molar-refractivity contribution is 0.443. The Labute approximate surface area is 209 Å². The Hall–Kier alpha value is -3.70. The fraction of sp³-hybridized carbons (Fsp3) is 0.200. The molecule has 1 aliphatic rings. The average Bonchev–Trinajstić information content (AvgIpc) is 3.52. The Morgan fingerprint density at radius 3 is 2.46 bits per heavy atom. The molecule has 5 heteroatoms. The van der Waals surface area contributed by atoms with Crippen LogP contribution in [0.3, 0.4) is 0 Å². The monoisotopic (exact) mass is 476 g/mol. The summed E-state index contributed by atoms with van der Waals surface area (Å²) in [6, 6.07) is 27.5. The van der Waals surface area contributed by atoms with Gasteiger partial charge in [-0.1, -0.05) is 79.9 Å². The second-order valence-electron chi connectivity index (χ2n) is 9.15. The van der Waals surface area contributed by atoms with Gasteiger partial charge in [0.1, 0.15) is 0 Å². The van der Waals surface area contributed by atoms with Gasteiger partial charge in [-0.3, -0.25) is 0 Å². The van der Waals surface area contributed by atoms with Crippen LogP contribution in [0.15, 0.2) is 101 Å². The van der Waals surface area contributed by atoms with E-state index in [-0.39, 0.29) is 0 Å². The van der Waals surface area contributed by atoms with Gasteiger partial charge in [0.15, 0.2) is 0 Å². The summed E-state index contributed by atoms with van der Waals surface area (Å²) in [4.78, 5) is 9.08. The van der Waals surface area contributed by atoms with Gasteiger partial charge in [0, 0.05) is 33.6 Å². The van der Waals surface area contributed by atoms with Gasteiger partial charge >= 0.3 is 0 Å². The smallest absolute Gasteiger partial charge is 0.211 e. The number of aromatic nitrogens is 2. The second kappa shape index (κ2) is 9.88. The van der Waals surface area contributed by atoms with Gasteiger partial charge in [-0.15, -0.1) is 11.3 Å². The molecule has 0 spiro atoms. The van der Waals surface area contributed by atoms with Crippen molar-refractivity contribution in [1.29, 1.82) is 0 Å². The molecule has 5 aromatic rings. The highest BCUT2D eigenvalue weighted by atomic mass is 32.1. The molecule has 1 saturated carbocycles. The highest BCUT2D eigenvalue weighted by Gasteiger charge is 2.16. The fourth-order valence-corrected chi connectivity index (χ4v) is 5.84. The summed E-state index contributed by atoms with van der Waals surface area (Å²) < 4.78 is 1.97. The van der Waals surface area contributed by atoms with Crippen LogP contribution in [0, 0.1) is 0 Å². The van der Waals surface area contributed by atoms with E-state index in [9.17, 15) is 0 Å². The predicted octanol–water partition coefficient (Wildman–Crippen LogP) is 7.86. The number of thiazole rings is 1. The van der Waals surface area contributed by atoms with Crippen LogP contribution in [-0.2, 0) is 0 Å². The van der Waals surface area contributed by atoms with Gasteiger partial charge in [0.05, 0.1) is 17.6 Å². The molecule has 0 radical (unpaired) electrons. The molecule has 4 nitrogen and oxygen atoms in total. The molecule has 0 amide bonds. The second-order valence-corrected chi connectivity index (χ2v) is 9.99. The van der Waals surface area contributed by atoms with E-state index < -0.39 is 0 Å². The molecule has 1 N–H and O–H groups in total. The van der Waals surface area contributed by atoms with Gasteiger partial charge in [-0.05, 0) is 42.5 Å². The average molecular weight is 477 g/mol. The molecule has 1 aliphatic carbocycles. The molecule has 1 fully saturated rings. The number of H-pyrrole nitrogens is 1. The molecule has 0 aliphatic heterocycles. The maximum atomic E-state index is 4.93. The van der Waals surface area contributed by atoms with E-state index >= 15 is 0 Å². The summed E-state index contributed by atoms with van der Waals surface area (Å²) in [5.74, 6) is 0.705. The Morgan fingerprint density at radius 1 is 0.857 bits per heavy atom. The minimum Gasteiger partial charge on any atom is -0.361 e. The highest BCUT2D eigenvalue weighted by Crippen LogP contribution is 2.33. The summed E-state index contributed by atoms with van der Waals surface area (Å²) in [7, 11) is 0. The number of para-hydroxylation sites is 2. The van der Waals surface area contributed by atoms with Gasteiger partial charge < -0.3 is 4.98 Å². The van der Waals surface area contributed by atoms with Crippen LogP contribution >= 0.6 is 11.3 Å². The molecule has 0 bridgehead atoms. The van der Waals surface area contributed by atoms with Gasteiger partial charge in [0.25, 0.3) is 0 Å². The third kappa shape index (κ3) is 4.64. The fourth-order valence-electron chi connectivity index (χ4n) is 4.98. The summed E-state index contributed by atoms with van der Waals surface area (Å²) in [6.07, 6.45) is 10.6. The van der Waals surface area contributed by atoms with E-state index in [1.54, 1.807) is 11.3 Å². The lowest BCUT2D eigenvalue weighted by Gasteiger charge is -2.22. The highest BCUT2D eigenvalue weighted by molar-refractivity contribution is 7.07. The van der Waals surface area contributed by atoms with E-state index in [2.05, 4.69) is 52.8 Å². The summed E-state index contributed by atoms with van der Waals surface area (Å²) in [5.41, 5.74) is 6.76. The van der Waals surface area contributed by atoms with Crippen LogP contribution in [0.25, 0.3) is 22.2 Å². The van der Waals surface area contributed by atoms with Crippen LogP contribution in [0.4, 0.5) is 5.69 Å². The largest absolute Gasteiger partial charge is 0.361 e. The molecule has 6 rings (SSSR count). The lowest BCUT2D eigenvalue weighted by Crippen LogP contribution is -2.11. The zero-order chi connectivity index (χ0) is 23.5. The Balaban J connectivity index is 1.41. The maximum absolute atomic E-state index is 4.93. The zero-order valence-electron chi connectivity index (χ0n) is 19.6. The van der Waals surface area contributed by atoms with Gasteiger partial charge in [-0.2, -0.15) is 5.10 Å². The molecule has 2 heterocycles. The van der Waals surface area contributed by atoms with Gasteiger partial charge in [-0.25, -0.2) is 9.67 Å². The molecular weight excluding hydrogens is 448 g/mol. The number of aromatic amines is 1. The van der Waals surface area contributed by atoms with Crippen molar-refractivity contribution in [3.63, 3.8) is 0 Å². The SMILES string of the molecule is C(=Nn1c(-c2ccc(C3CCCCC3)cc2)csc1=Nc1ccccc1)c1c[nH]c2ccccc12. The Kier molecular flexibility index (Phi) is 6.16. The molecule has 3 aromatic carbocycles. The zero-order valence-corrected chi connectivity index (χ0v) is 20.4. The molecule has 0 saturated heterocycles. The first-order valence-corrected chi connectivity index (χ1v) is 13.2. The number of hydrogen-bond acceptors (Lipinski definition) is 3. The van der Waals surface area contributed by atoms with Crippen molar-refractivity contribution in [3.8, 4) is 11.3 Å². The minimum absolute atomic E-state index is 0.705. The minimum atomic E-state index is 0.705.